The summed E-state index contributed by atoms with van der Waals surface area (Å²) in [5.74, 6) is 0.646. The van der Waals surface area contributed by atoms with Gasteiger partial charge in [-0.25, -0.2) is 9.50 Å². The van der Waals surface area contributed by atoms with Gasteiger partial charge in [-0.3, -0.25) is 4.79 Å². The highest BCUT2D eigenvalue weighted by molar-refractivity contribution is 6.43. The Labute approximate surface area is 207 Å². The molecule has 6 nitrogen and oxygen atoms in total. The first-order valence-corrected chi connectivity index (χ1v) is 12.0. The lowest BCUT2D eigenvalue weighted by Crippen LogP contribution is -2.33. The summed E-state index contributed by atoms with van der Waals surface area (Å²) in [4.78, 5) is 18.1. The third kappa shape index (κ3) is 3.81. The van der Waals surface area contributed by atoms with Gasteiger partial charge < -0.3 is 10.1 Å². The molecule has 0 aliphatic carbocycles. The zero-order valence-corrected chi connectivity index (χ0v) is 20.6. The van der Waals surface area contributed by atoms with Gasteiger partial charge in [-0.1, -0.05) is 67.4 Å². The Bertz CT molecular complexity index is 1410. The summed E-state index contributed by atoms with van der Waals surface area (Å²) in [6.45, 7) is 6.54. The molecule has 4 aromatic rings. The van der Waals surface area contributed by atoms with E-state index in [1.54, 1.807) is 16.8 Å². The number of hydrogen-bond acceptors (Lipinski definition) is 4. The van der Waals surface area contributed by atoms with Crippen molar-refractivity contribution in [3.8, 4) is 16.9 Å². The van der Waals surface area contributed by atoms with E-state index in [9.17, 15) is 4.79 Å². The van der Waals surface area contributed by atoms with E-state index in [0.717, 1.165) is 33.8 Å². The third-order valence-electron chi connectivity index (χ3n) is 6.13. The van der Waals surface area contributed by atoms with Gasteiger partial charge in [-0.05, 0) is 25.0 Å². The number of nitrogens with one attached hydrogen (secondary N) is 1. The third-order valence-corrected chi connectivity index (χ3v) is 6.95. The van der Waals surface area contributed by atoms with E-state index in [1.165, 1.54) is 0 Å². The molecule has 1 amide bonds. The van der Waals surface area contributed by atoms with Gasteiger partial charge in [-0.2, -0.15) is 5.10 Å². The lowest BCUT2D eigenvalue weighted by molar-refractivity contribution is 0.0922. The Hall–Kier alpha value is -3.09. The molecule has 1 aliphatic rings. The molecule has 5 rings (SSSR count). The maximum absolute atomic E-state index is 13.5. The van der Waals surface area contributed by atoms with Crippen LogP contribution in [0.25, 0.3) is 16.8 Å². The van der Waals surface area contributed by atoms with Crippen LogP contribution in [-0.4, -0.2) is 27.1 Å². The van der Waals surface area contributed by atoms with Gasteiger partial charge >= 0.3 is 0 Å². The highest BCUT2D eigenvalue weighted by Crippen LogP contribution is 2.38. The standard InChI is InChI=1S/C26H24Cl2N4O2/c1-14(2)24-18(26(33)30-20-11-12-34-21-10-5-4-7-16(20)21)13-29-25-22(15(3)31-32(24)25)17-8-6-9-19(27)23(17)28/h4-10,13-14,20H,11-12H2,1-3H3,(H,30,33)/t20-/m0/s1. The van der Waals surface area contributed by atoms with Crippen LogP contribution in [0.5, 0.6) is 5.75 Å². The van der Waals surface area contributed by atoms with Gasteiger partial charge in [0.25, 0.3) is 5.91 Å². The maximum atomic E-state index is 13.5. The monoisotopic (exact) mass is 494 g/mol. The first kappa shape index (κ1) is 22.7. The number of fused-ring (bicyclic) bond motifs is 2. The summed E-state index contributed by atoms with van der Waals surface area (Å²) in [5.41, 5.74) is 5.23. The fraction of sp³-hybridized carbons (Fsp3) is 0.269. The van der Waals surface area contributed by atoms with Crippen LogP contribution in [0.4, 0.5) is 0 Å². The van der Waals surface area contributed by atoms with Crippen molar-refractivity contribution in [1.29, 1.82) is 0 Å². The molecule has 2 aromatic carbocycles. The van der Waals surface area contributed by atoms with Crippen LogP contribution in [0.3, 0.4) is 0 Å². The Morgan fingerprint density at radius 3 is 2.76 bits per heavy atom. The van der Waals surface area contributed by atoms with Crippen molar-refractivity contribution in [2.45, 2.75) is 39.2 Å². The van der Waals surface area contributed by atoms with E-state index >= 15 is 0 Å². The number of halogens is 2. The Balaban J connectivity index is 1.59. The van der Waals surface area contributed by atoms with Crippen molar-refractivity contribution >= 4 is 34.8 Å². The Morgan fingerprint density at radius 2 is 1.97 bits per heavy atom. The minimum absolute atomic E-state index is 0.0233. The quantitative estimate of drug-likeness (QED) is 0.356. The number of rotatable bonds is 4. The molecule has 0 spiro atoms. The van der Waals surface area contributed by atoms with Crippen LogP contribution in [0.1, 0.15) is 59.5 Å². The van der Waals surface area contributed by atoms with Gasteiger partial charge in [0, 0.05) is 23.7 Å². The lowest BCUT2D eigenvalue weighted by atomic mass is 9.99. The predicted molar refractivity (Wildman–Crippen MR) is 134 cm³/mol. The maximum Gasteiger partial charge on any atom is 0.255 e. The number of benzene rings is 2. The highest BCUT2D eigenvalue weighted by Gasteiger charge is 2.27. The van der Waals surface area contributed by atoms with E-state index in [2.05, 4.69) is 10.3 Å². The molecule has 1 N–H and O–H groups in total. The van der Waals surface area contributed by atoms with Gasteiger partial charge in [0.15, 0.2) is 5.65 Å². The fourth-order valence-electron chi connectivity index (χ4n) is 4.58. The van der Waals surface area contributed by atoms with Crippen LogP contribution in [0.15, 0.2) is 48.7 Å². The topological polar surface area (TPSA) is 68.5 Å². The van der Waals surface area contributed by atoms with Crippen LogP contribution >= 0.6 is 23.2 Å². The minimum atomic E-state index is -0.185. The molecule has 0 bridgehead atoms. The van der Waals surface area contributed by atoms with Crippen molar-refractivity contribution in [2.24, 2.45) is 0 Å². The summed E-state index contributed by atoms with van der Waals surface area (Å²) in [6.07, 6.45) is 2.34. The number of para-hydroxylation sites is 1. The smallest absolute Gasteiger partial charge is 0.255 e. The molecule has 0 radical (unpaired) electrons. The SMILES string of the molecule is Cc1nn2c(C(C)C)c(C(=O)N[C@H]3CCOc4ccccc43)cnc2c1-c1cccc(Cl)c1Cl. The molecule has 34 heavy (non-hydrogen) atoms. The second-order valence-corrected chi connectivity index (χ2v) is 9.50. The minimum Gasteiger partial charge on any atom is -0.493 e. The van der Waals surface area contributed by atoms with E-state index < -0.39 is 0 Å². The van der Waals surface area contributed by atoms with Crippen molar-refractivity contribution in [3.05, 3.63) is 81.2 Å². The molecule has 3 heterocycles. The Kier molecular flexibility index (Phi) is 5.96. The molecule has 0 unspecified atom stereocenters. The normalized spacial score (nSPS) is 15.3. The molecule has 0 saturated heterocycles. The van der Waals surface area contributed by atoms with Gasteiger partial charge in [0.2, 0.25) is 0 Å². The van der Waals surface area contributed by atoms with E-state index in [4.69, 9.17) is 33.0 Å². The first-order valence-electron chi connectivity index (χ1n) is 11.2. The van der Waals surface area contributed by atoms with Crippen molar-refractivity contribution in [2.75, 3.05) is 6.61 Å². The number of aryl methyl sites for hydroxylation is 1. The molecule has 1 atom stereocenters. The number of ether oxygens (including phenoxy) is 1. The molecule has 2 aromatic heterocycles. The van der Waals surface area contributed by atoms with Crippen LogP contribution in [0, 0.1) is 6.92 Å². The van der Waals surface area contributed by atoms with Gasteiger partial charge in [0.1, 0.15) is 5.75 Å². The van der Waals surface area contributed by atoms with Crippen LogP contribution < -0.4 is 10.1 Å². The second-order valence-electron chi connectivity index (χ2n) is 8.71. The second kappa shape index (κ2) is 8.93. The van der Waals surface area contributed by atoms with E-state index in [0.29, 0.717) is 34.3 Å². The molecule has 0 fully saturated rings. The predicted octanol–water partition coefficient (Wildman–Crippen LogP) is 6.39. The van der Waals surface area contributed by atoms with Crippen LogP contribution in [0.2, 0.25) is 10.0 Å². The number of carbonyl (C=O) groups excluding carboxylic acids is 1. The molecular weight excluding hydrogens is 471 g/mol. The zero-order chi connectivity index (χ0) is 24.0. The van der Waals surface area contributed by atoms with Gasteiger partial charge in [-0.15, -0.1) is 0 Å². The molecular formula is C26H24Cl2N4O2. The molecule has 174 valence electrons. The zero-order valence-electron chi connectivity index (χ0n) is 19.1. The number of hydrogen-bond donors (Lipinski definition) is 1. The molecule has 8 heteroatoms. The molecule has 1 aliphatic heterocycles. The first-order chi connectivity index (χ1) is 16.4. The van der Waals surface area contributed by atoms with E-state index in [1.807, 2.05) is 57.2 Å². The van der Waals surface area contributed by atoms with Gasteiger partial charge in [0.05, 0.1) is 45.2 Å². The molecule has 0 saturated carbocycles. The Morgan fingerprint density at radius 1 is 1.18 bits per heavy atom. The van der Waals surface area contributed by atoms with Crippen molar-refractivity contribution < 1.29 is 9.53 Å². The van der Waals surface area contributed by atoms with Crippen LogP contribution in [-0.2, 0) is 0 Å². The largest absolute Gasteiger partial charge is 0.493 e. The number of aromatic nitrogens is 3. The lowest BCUT2D eigenvalue weighted by Gasteiger charge is -2.27. The van der Waals surface area contributed by atoms with E-state index in [-0.39, 0.29) is 17.9 Å². The summed E-state index contributed by atoms with van der Waals surface area (Å²) in [5, 5.41) is 8.86. The number of amides is 1. The highest BCUT2D eigenvalue weighted by atomic mass is 35.5. The average molecular weight is 495 g/mol. The van der Waals surface area contributed by atoms with Crippen molar-refractivity contribution in [3.63, 3.8) is 0 Å². The summed E-state index contributed by atoms with van der Waals surface area (Å²) in [6, 6.07) is 13.2. The number of nitrogens with zero attached hydrogens (tertiary/aromatic N) is 3. The summed E-state index contributed by atoms with van der Waals surface area (Å²) in [7, 11) is 0. The number of carbonyl (C=O) groups is 1. The average Bonchev–Trinajstić information content (AvgIpc) is 3.15. The van der Waals surface area contributed by atoms with Crippen molar-refractivity contribution in [1.82, 2.24) is 19.9 Å². The fourth-order valence-corrected chi connectivity index (χ4v) is 4.97. The summed E-state index contributed by atoms with van der Waals surface area (Å²) < 4.78 is 7.50. The summed E-state index contributed by atoms with van der Waals surface area (Å²) >= 11 is 12.8.